The molecule has 0 unspecified atom stereocenters. The van der Waals surface area contributed by atoms with Gasteiger partial charge < -0.3 is 14.5 Å². The molecule has 0 saturated heterocycles. The Kier molecular flexibility index (Phi) is 7.38. The molecule has 5 heteroatoms. The highest BCUT2D eigenvalue weighted by molar-refractivity contribution is 6.33. The largest absolute Gasteiger partial charge is 0.497 e. The lowest BCUT2D eigenvalue weighted by Crippen LogP contribution is -2.16. The van der Waals surface area contributed by atoms with Gasteiger partial charge in [-0.25, -0.2) is 0 Å². The van der Waals surface area contributed by atoms with E-state index in [1.807, 2.05) is 48.5 Å². The third kappa shape index (κ3) is 5.27. The van der Waals surface area contributed by atoms with Crippen LogP contribution in [0.5, 0.6) is 5.75 Å². The first kappa shape index (κ1) is 19.4. The van der Waals surface area contributed by atoms with Crippen molar-refractivity contribution >= 4 is 24.0 Å². The summed E-state index contributed by atoms with van der Waals surface area (Å²) in [7, 11) is 1.68. The molecule has 1 heterocycles. The Bertz CT molecular complexity index is 784. The first-order chi connectivity index (χ1) is 11.8. The standard InChI is InChI=1S/C20H20ClNO2.ClH/c1-23-16-8-6-15(7-9-16)12-13-22-14-17-10-11-20(24-17)18-4-2-3-5-19(18)21;/h2-11,22H,12-14H2,1H3;1H. The highest BCUT2D eigenvalue weighted by atomic mass is 35.5. The number of hydrogen-bond acceptors (Lipinski definition) is 3. The number of ether oxygens (including phenoxy) is 1. The van der Waals surface area contributed by atoms with Gasteiger partial charge in [-0.05, 0) is 54.9 Å². The predicted molar refractivity (Wildman–Crippen MR) is 105 cm³/mol. The van der Waals surface area contributed by atoms with Crippen LogP contribution >= 0.6 is 24.0 Å². The SMILES string of the molecule is COc1ccc(CCNCc2ccc(-c3ccccc3Cl)o2)cc1.Cl. The zero-order valence-corrected chi connectivity index (χ0v) is 15.6. The van der Waals surface area contributed by atoms with Crippen molar-refractivity contribution in [3.63, 3.8) is 0 Å². The maximum Gasteiger partial charge on any atom is 0.135 e. The first-order valence-corrected chi connectivity index (χ1v) is 8.31. The van der Waals surface area contributed by atoms with E-state index in [0.717, 1.165) is 35.8 Å². The third-order valence-corrected chi connectivity index (χ3v) is 4.18. The number of halogens is 2. The second-order valence-corrected chi connectivity index (χ2v) is 5.93. The summed E-state index contributed by atoms with van der Waals surface area (Å²) in [5.74, 6) is 2.58. The van der Waals surface area contributed by atoms with Crippen LogP contribution in [-0.4, -0.2) is 13.7 Å². The van der Waals surface area contributed by atoms with Crippen LogP contribution in [0.4, 0.5) is 0 Å². The first-order valence-electron chi connectivity index (χ1n) is 7.93. The number of rotatable bonds is 7. The van der Waals surface area contributed by atoms with Gasteiger partial charge in [0.15, 0.2) is 0 Å². The molecule has 1 aromatic heterocycles. The summed E-state index contributed by atoms with van der Waals surface area (Å²) in [5.41, 5.74) is 2.20. The van der Waals surface area contributed by atoms with Crippen molar-refractivity contribution in [1.82, 2.24) is 5.32 Å². The van der Waals surface area contributed by atoms with E-state index in [9.17, 15) is 0 Å². The van der Waals surface area contributed by atoms with Gasteiger partial charge in [0.25, 0.3) is 0 Å². The van der Waals surface area contributed by atoms with Gasteiger partial charge in [-0.3, -0.25) is 0 Å². The molecular weight excluding hydrogens is 357 g/mol. The average Bonchev–Trinajstić information content (AvgIpc) is 3.08. The molecule has 0 bridgehead atoms. The van der Waals surface area contributed by atoms with E-state index >= 15 is 0 Å². The molecule has 0 aliphatic rings. The highest BCUT2D eigenvalue weighted by Gasteiger charge is 2.07. The fraction of sp³-hybridized carbons (Fsp3) is 0.200. The quantitative estimate of drug-likeness (QED) is 0.562. The zero-order chi connectivity index (χ0) is 16.8. The molecule has 0 spiro atoms. The van der Waals surface area contributed by atoms with E-state index in [1.165, 1.54) is 5.56 Å². The van der Waals surface area contributed by atoms with Gasteiger partial charge in [0.1, 0.15) is 17.3 Å². The molecule has 0 amide bonds. The van der Waals surface area contributed by atoms with Gasteiger partial charge in [0, 0.05) is 5.56 Å². The second-order valence-electron chi connectivity index (χ2n) is 5.52. The Balaban J connectivity index is 0.00000225. The molecule has 2 aromatic carbocycles. The number of hydrogen-bond donors (Lipinski definition) is 1. The summed E-state index contributed by atoms with van der Waals surface area (Å²) in [5, 5.41) is 4.10. The van der Waals surface area contributed by atoms with E-state index in [1.54, 1.807) is 7.11 Å². The van der Waals surface area contributed by atoms with Crippen LogP contribution in [0.15, 0.2) is 65.1 Å². The lowest BCUT2D eigenvalue weighted by atomic mass is 10.1. The zero-order valence-electron chi connectivity index (χ0n) is 14.0. The molecule has 132 valence electrons. The number of benzene rings is 2. The average molecular weight is 378 g/mol. The summed E-state index contributed by atoms with van der Waals surface area (Å²) in [6.45, 7) is 1.58. The lowest BCUT2D eigenvalue weighted by Gasteiger charge is -2.05. The minimum atomic E-state index is 0. The number of furan rings is 1. The van der Waals surface area contributed by atoms with Crippen LogP contribution in [0, 0.1) is 0 Å². The minimum Gasteiger partial charge on any atom is -0.497 e. The Hall–Kier alpha value is -1.94. The maximum atomic E-state index is 6.20. The molecule has 0 aliphatic heterocycles. The number of methoxy groups -OCH3 is 1. The summed E-state index contributed by atoms with van der Waals surface area (Å²) < 4.78 is 11.0. The lowest BCUT2D eigenvalue weighted by molar-refractivity contribution is 0.414. The summed E-state index contributed by atoms with van der Waals surface area (Å²) >= 11 is 6.20. The third-order valence-electron chi connectivity index (χ3n) is 3.85. The van der Waals surface area contributed by atoms with Gasteiger partial charge in [-0.2, -0.15) is 0 Å². The molecule has 3 nitrogen and oxygen atoms in total. The van der Waals surface area contributed by atoms with Gasteiger partial charge >= 0.3 is 0 Å². The fourth-order valence-electron chi connectivity index (χ4n) is 2.52. The molecule has 0 fully saturated rings. The van der Waals surface area contributed by atoms with Crippen molar-refractivity contribution in [2.75, 3.05) is 13.7 Å². The van der Waals surface area contributed by atoms with Crippen molar-refractivity contribution < 1.29 is 9.15 Å². The highest BCUT2D eigenvalue weighted by Crippen LogP contribution is 2.28. The van der Waals surface area contributed by atoms with E-state index in [-0.39, 0.29) is 12.4 Å². The van der Waals surface area contributed by atoms with Crippen LogP contribution in [0.1, 0.15) is 11.3 Å². The second kappa shape index (κ2) is 9.52. The summed E-state index contributed by atoms with van der Waals surface area (Å²) in [6, 6.07) is 19.8. The molecule has 1 N–H and O–H groups in total. The maximum absolute atomic E-state index is 6.20. The van der Waals surface area contributed by atoms with Crippen LogP contribution in [0.3, 0.4) is 0 Å². The van der Waals surface area contributed by atoms with Crippen LogP contribution in [-0.2, 0) is 13.0 Å². The van der Waals surface area contributed by atoms with E-state index < -0.39 is 0 Å². The summed E-state index contributed by atoms with van der Waals surface area (Å²) in [4.78, 5) is 0. The smallest absolute Gasteiger partial charge is 0.135 e. The van der Waals surface area contributed by atoms with Gasteiger partial charge in [-0.1, -0.05) is 35.9 Å². The molecule has 3 aromatic rings. The van der Waals surface area contributed by atoms with E-state index in [4.69, 9.17) is 20.8 Å². The van der Waals surface area contributed by atoms with Crippen LogP contribution < -0.4 is 10.1 Å². The molecule has 3 rings (SSSR count). The van der Waals surface area contributed by atoms with E-state index in [2.05, 4.69) is 17.4 Å². The monoisotopic (exact) mass is 377 g/mol. The van der Waals surface area contributed by atoms with Crippen LogP contribution in [0.25, 0.3) is 11.3 Å². The molecule has 0 saturated carbocycles. The molecule has 0 atom stereocenters. The van der Waals surface area contributed by atoms with Crippen molar-refractivity contribution in [3.05, 3.63) is 77.0 Å². The van der Waals surface area contributed by atoms with Gasteiger partial charge in [-0.15, -0.1) is 12.4 Å². The molecule has 0 radical (unpaired) electrons. The Morgan fingerprint density at radius 3 is 2.48 bits per heavy atom. The fourth-order valence-corrected chi connectivity index (χ4v) is 2.74. The van der Waals surface area contributed by atoms with Gasteiger partial charge in [0.05, 0.1) is 18.7 Å². The molecule has 25 heavy (non-hydrogen) atoms. The van der Waals surface area contributed by atoms with Crippen molar-refractivity contribution in [3.8, 4) is 17.1 Å². The van der Waals surface area contributed by atoms with Crippen LogP contribution in [0.2, 0.25) is 5.02 Å². The van der Waals surface area contributed by atoms with Crippen molar-refractivity contribution in [2.24, 2.45) is 0 Å². The minimum absolute atomic E-state index is 0. The molecular formula is C20H21Cl2NO2. The predicted octanol–water partition coefficient (Wildman–Crippen LogP) is 5.36. The normalized spacial score (nSPS) is 10.3. The topological polar surface area (TPSA) is 34.4 Å². The Morgan fingerprint density at radius 1 is 1.00 bits per heavy atom. The summed E-state index contributed by atoms with van der Waals surface area (Å²) in [6.07, 6.45) is 0.960. The van der Waals surface area contributed by atoms with Crippen molar-refractivity contribution in [1.29, 1.82) is 0 Å². The Labute approximate surface area is 159 Å². The molecule has 0 aliphatic carbocycles. The van der Waals surface area contributed by atoms with E-state index in [0.29, 0.717) is 11.6 Å². The number of nitrogens with one attached hydrogen (secondary N) is 1. The van der Waals surface area contributed by atoms with Gasteiger partial charge in [0.2, 0.25) is 0 Å². The van der Waals surface area contributed by atoms with Crippen molar-refractivity contribution in [2.45, 2.75) is 13.0 Å². The Morgan fingerprint density at radius 2 is 1.76 bits per heavy atom.